The minimum absolute atomic E-state index is 0.0244. The van der Waals surface area contributed by atoms with Crippen LogP contribution in [0, 0.1) is 0 Å². The van der Waals surface area contributed by atoms with Crippen molar-refractivity contribution >= 4 is 43.7 Å². The molecule has 0 bridgehead atoms. The van der Waals surface area contributed by atoms with Gasteiger partial charge in [-0.3, -0.25) is 4.79 Å². The number of carbonyl (C=O) groups is 2. The van der Waals surface area contributed by atoms with E-state index in [-0.39, 0.29) is 5.91 Å². The number of halogens is 2. The number of carboxylic acid groups (broad SMARTS) is 1. The van der Waals surface area contributed by atoms with Crippen molar-refractivity contribution < 1.29 is 14.7 Å². The summed E-state index contributed by atoms with van der Waals surface area (Å²) < 4.78 is 1.71. The fraction of sp³-hybridized carbons (Fsp3) is 0.125. The summed E-state index contributed by atoms with van der Waals surface area (Å²) in [5, 5.41) is 8.49. The molecule has 0 fully saturated rings. The van der Waals surface area contributed by atoms with Crippen molar-refractivity contribution in [2.75, 3.05) is 14.1 Å². The number of amides is 1. The van der Waals surface area contributed by atoms with Crippen molar-refractivity contribution in [3.05, 3.63) is 68.6 Å². The van der Waals surface area contributed by atoms with Gasteiger partial charge in [-0.2, -0.15) is 0 Å². The number of carboxylic acids is 1. The zero-order valence-electron chi connectivity index (χ0n) is 12.1. The summed E-state index contributed by atoms with van der Waals surface area (Å²) >= 11 is 6.48. The highest BCUT2D eigenvalue weighted by Crippen LogP contribution is 2.12. The predicted molar refractivity (Wildman–Crippen MR) is 93.3 cm³/mol. The number of hydrogen-bond acceptors (Lipinski definition) is 2. The van der Waals surface area contributed by atoms with Gasteiger partial charge < -0.3 is 10.0 Å². The molecule has 1 N–H and O–H groups in total. The van der Waals surface area contributed by atoms with E-state index in [1.165, 1.54) is 0 Å². The fourth-order valence-corrected chi connectivity index (χ4v) is 2.30. The van der Waals surface area contributed by atoms with Crippen LogP contribution in [-0.2, 0) is 0 Å². The normalized spacial score (nSPS) is 9.45. The van der Waals surface area contributed by atoms with E-state index in [2.05, 4.69) is 31.9 Å². The van der Waals surface area contributed by atoms with Gasteiger partial charge in [-0.05, 0) is 36.4 Å². The highest BCUT2D eigenvalue weighted by Gasteiger charge is 2.06. The highest BCUT2D eigenvalue weighted by molar-refractivity contribution is 9.10. The minimum Gasteiger partial charge on any atom is -0.478 e. The van der Waals surface area contributed by atoms with E-state index in [0.29, 0.717) is 11.1 Å². The molecule has 0 heterocycles. The van der Waals surface area contributed by atoms with E-state index in [0.717, 1.165) is 8.95 Å². The quantitative estimate of drug-likeness (QED) is 0.775. The van der Waals surface area contributed by atoms with Crippen LogP contribution in [-0.4, -0.2) is 36.0 Å². The van der Waals surface area contributed by atoms with E-state index < -0.39 is 5.97 Å². The van der Waals surface area contributed by atoms with Crippen LogP contribution in [0.25, 0.3) is 0 Å². The van der Waals surface area contributed by atoms with Gasteiger partial charge in [-0.25, -0.2) is 4.79 Å². The van der Waals surface area contributed by atoms with Gasteiger partial charge in [0.25, 0.3) is 5.91 Å². The topological polar surface area (TPSA) is 57.6 Å². The van der Waals surface area contributed by atoms with Crippen molar-refractivity contribution in [3.8, 4) is 0 Å². The van der Waals surface area contributed by atoms with Crippen LogP contribution in [0.2, 0.25) is 0 Å². The van der Waals surface area contributed by atoms with Crippen LogP contribution in [0.15, 0.2) is 57.5 Å². The van der Waals surface area contributed by atoms with E-state index in [4.69, 9.17) is 5.11 Å². The lowest BCUT2D eigenvalue weighted by molar-refractivity contribution is 0.0696. The van der Waals surface area contributed by atoms with Gasteiger partial charge >= 0.3 is 5.97 Å². The van der Waals surface area contributed by atoms with Crippen LogP contribution in [0.3, 0.4) is 0 Å². The van der Waals surface area contributed by atoms with Gasteiger partial charge in [0.15, 0.2) is 0 Å². The monoisotopic (exact) mass is 427 g/mol. The van der Waals surface area contributed by atoms with Gasteiger partial charge in [0, 0.05) is 28.6 Å². The molecule has 2 aromatic carbocycles. The Balaban J connectivity index is 0.000000224. The average Bonchev–Trinajstić information content (AvgIpc) is 2.47. The van der Waals surface area contributed by atoms with Gasteiger partial charge in [0.1, 0.15) is 0 Å². The van der Waals surface area contributed by atoms with Crippen molar-refractivity contribution in [1.82, 2.24) is 4.90 Å². The predicted octanol–water partition coefficient (Wildman–Crippen LogP) is 4.30. The number of rotatable bonds is 2. The maximum absolute atomic E-state index is 11.4. The van der Waals surface area contributed by atoms with Crippen molar-refractivity contribution in [2.45, 2.75) is 0 Å². The van der Waals surface area contributed by atoms with Gasteiger partial charge in [0.2, 0.25) is 0 Å². The first kappa shape index (κ1) is 18.4. The van der Waals surface area contributed by atoms with Gasteiger partial charge in [-0.1, -0.05) is 44.0 Å². The maximum Gasteiger partial charge on any atom is 0.335 e. The Kier molecular flexibility index (Phi) is 7.27. The zero-order valence-corrected chi connectivity index (χ0v) is 15.3. The molecule has 0 aliphatic carbocycles. The van der Waals surface area contributed by atoms with Crippen LogP contribution < -0.4 is 0 Å². The lowest BCUT2D eigenvalue weighted by Gasteiger charge is -2.09. The summed E-state index contributed by atoms with van der Waals surface area (Å²) in [5.74, 6) is -0.877. The number of hydrogen-bond donors (Lipinski definition) is 1. The third-order valence-electron chi connectivity index (χ3n) is 2.55. The molecule has 116 valence electrons. The molecule has 0 spiro atoms. The Morgan fingerprint density at radius 3 is 1.73 bits per heavy atom. The molecule has 0 unspecified atom stereocenters. The number of benzene rings is 2. The van der Waals surface area contributed by atoms with Crippen LogP contribution in [0.1, 0.15) is 20.7 Å². The Bertz CT molecular complexity index is 672. The first-order chi connectivity index (χ1) is 10.3. The summed E-state index contributed by atoms with van der Waals surface area (Å²) in [7, 11) is 3.48. The summed E-state index contributed by atoms with van der Waals surface area (Å²) in [6.07, 6.45) is 0. The lowest BCUT2D eigenvalue weighted by Crippen LogP contribution is -2.21. The molecule has 0 saturated heterocycles. The second-order valence-corrected chi connectivity index (χ2v) is 6.36. The maximum atomic E-state index is 11.4. The first-order valence-electron chi connectivity index (χ1n) is 6.27. The molecular formula is C16H15Br2NO3. The van der Waals surface area contributed by atoms with Crippen LogP contribution in [0.4, 0.5) is 0 Å². The smallest absolute Gasteiger partial charge is 0.335 e. The molecule has 0 radical (unpaired) electrons. The molecule has 4 nitrogen and oxygen atoms in total. The molecule has 0 aliphatic rings. The molecule has 2 aromatic rings. The molecule has 0 aromatic heterocycles. The average molecular weight is 429 g/mol. The first-order valence-corrected chi connectivity index (χ1v) is 7.86. The molecule has 0 aliphatic heterocycles. The molecule has 0 saturated carbocycles. The van der Waals surface area contributed by atoms with Crippen molar-refractivity contribution in [2.24, 2.45) is 0 Å². The molecule has 1 amide bonds. The second-order valence-electron chi connectivity index (χ2n) is 4.53. The Hall–Kier alpha value is -1.66. The third-order valence-corrected chi connectivity index (χ3v) is 3.54. The molecule has 0 atom stereocenters. The standard InChI is InChI=1S/C9H10BrNO.C7H5BrO2/c1-11(2)9(12)7-4-3-5-8(10)6-7;8-6-3-1-2-5(4-6)7(9)10/h3-6H,1-2H3;1-4H,(H,9,10). The molecule has 2 rings (SSSR count). The molecule has 6 heteroatoms. The van der Waals surface area contributed by atoms with Gasteiger partial charge in [-0.15, -0.1) is 0 Å². The van der Waals surface area contributed by atoms with Crippen molar-refractivity contribution in [3.63, 3.8) is 0 Å². The summed E-state index contributed by atoms with van der Waals surface area (Å²) in [4.78, 5) is 23.3. The second kappa shape index (κ2) is 8.70. The van der Waals surface area contributed by atoms with Crippen molar-refractivity contribution in [1.29, 1.82) is 0 Å². The van der Waals surface area contributed by atoms with E-state index >= 15 is 0 Å². The number of aromatic carboxylic acids is 1. The molecular weight excluding hydrogens is 414 g/mol. The summed E-state index contributed by atoms with van der Waals surface area (Å²) in [6, 6.07) is 13.9. The SMILES string of the molecule is CN(C)C(=O)c1cccc(Br)c1.O=C(O)c1cccc(Br)c1. The third kappa shape index (κ3) is 5.99. The van der Waals surface area contributed by atoms with E-state index in [1.54, 1.807) is 49.3 Å². The summed E-state index contributed by atoms with van der Waals surface area (Å²) in [6.45, 7) is 0. The highest BCUT2D eigenvalue weighted by atomic mass is 79.9. The minimum atomic E-state index is -0.902. The Labute approximate surface area is 146 Å². The Morgan fingerprint density at radius 1 is 0.909 bits per heavy atom. The van der Waals surface area contributed by atoms with E-state index in [1.807, 2.05) is 18.2 Å². The largest absolute Gasteiger partial charge is 0.478 e. The van der Waals surface area contributed by atoms with E-state index in [9.17, 15) is 9.59 Å². The number of nitrogens with zero attached hydrogens (tertiary/aromatic N) is 1. The fourth-order valence-electron chi connectivity index (χ4n) is 1.50. The Morgan fingerprint density at radius 2 is 1.36 bits per heavy atom. The zero-order chi connectivity index (χ0) is 16.7. The summed E-state index contributed by atoms with van der Waals surface area (Å²) in [5.41, 5.74) is 1.00. The number of carbonyl (C=O) groups excluding carboxylic acids is 1. The molecule has 22 heavy (non-hydrogen) atoms. The lowest BCUT2D eigenvalue weighted by atomic mass is 10.2. The van der Waals surface area contributed by atoms with Gasteiger partial charge in [0.05, 0.1) is 5.56 Å². The van der Waals surface area contributed by atoms with Crippen LogP contribution >= 0.6 is 31.9 Å². The van der Waals surface area contributed by atoms with Crippen LogP contribution in [0.5, 0.6) is 0 Å².